The fourth-order valence-corrected chi connectivity index (χ4v) is 13.8. The van der Waals surface area contributed by atoms with E-state index in [1.54, 1.807) is 0 Å². The highest BCUT2D eigenvalue weighted by atomic mass is 16.7. The molecule has 0 aromatic carbocycles. The van der Waals surface area contributed by atoms with Crippen molar-refractivity contribution in [3.63, 3.8) is 0 Å². The van der Waals surface area contributed by atoms with Gasteiger partial charge in [-0.1, -0.05) is 0 Å². The molecule has 4 aliphatic heterocycles. The lowest BCUT2D eigenvalue weighted by atomic mass is 9.86. The van der Waals surface area contributed by atoms with Crippen LogP contribution in [0.5, 0.6) is 0 Å². The van der Waals surface area contributed by atoms with Crippen molar-refractivity contribution in [1.82, 2.24) is 57.7 Å². The molecule has 0 bridgehead atoms. The topological polar surface area (TPSA) is 702 Å². The summed E-state index contributed by atoms with van der Waals surface area (Å²) in [5.74, 6) is -8.49. The van der Waals surface area contributed by atoms with E-state index in [9.17, 15) is 109 Å². The molecule has 5 rings (SSSR count). The van der Waals surface area contributed by atoms with Crippen molar-refractivity contribution in [3.8, 4) is 0 Å². The summed E-state index contributed by atoms with van der Waals surface area (Å²) in [5.41, 5.74) is 0. The number of hydrogen-bond donors (Lipinski definition) is 21. The molecule has 1 saturated carbocycles. The molecule has 51 nitrogen and oxygen atoms in total. The molecule has 128 heavy (non-hydrogen) atoms. The zero-order valence-electron chi connectivity index (χ0n) is 72.8. The first-order chi connectivity index (χ1) is 61.4. The molecule has 738 valence electrons. The quantitative estimate of drug-likeness (QED) is 0.0251. The van der Waals surface area contributed by atoms with Gasteiger partial charge in [0.1, 0.15) is 130 Å². The predicted octanol–water partition coefficient (Wildman–Crippen LogP) is -13.4. The van der Waals surface area contributed by atoms with Crippen molar-refractivity contribution in [2.24, 2.45) is 5.92 Å². The van der Waals surface area contributed by atoms with Gasteiger partial charge in [0, 0.05) is 73.3 Å². The van der Waals surface area contributed by atoms with Gasteiger partial charge in [-0.2, -0.15) is 0 Å². The Balaban J connectivity index is 1.24. The number of aliphatic hydroxyl groups is 12. The third kappa shape index (κ3) is 40.6. The van der Waals surface area contributed by atoms with Crippen LogP contribution in [0.1, 0.15) is 66.2 Å². The van der Waals surface area contributed by atoms with Gasteiger partial charge in [0.15, 0.2) is 25.2 Å². The fraction of sp³-hybridized carbons (Fsp3) is 0.857. The molecule has 0 spiro atoms. The predicted molar refractivity (Wildman–Crippen MR) is 431 cm³/mol. The van der Waals surface area contributed by atoms with Crippen LogP contribution >= 0.6 is 0 Å². The number of nitrogens with zero attached hydrogens (tertiary/aromatic N) is 2. The molecule has 11 amide bonds. The van der Waals surface area contributed by atoms with E-state index < -0.39 is 265 Å². The molecule has 0 radical (unpaired) electrons. The van der Waals surface area contributed by atoms with Crippen LogP contribution in [-0.4, -0.2) is 489 Å². The molecule has 1 aliphatic carbocycles. The summed E-state index contributed by atoms with van der Waals surface area (Å²) in [6, 6.07) is -6.34. The molecule has 0 aromatic rings. The lowest BCUT2D eigenvalue weighted by Gasteiger charge is -2.42. The normalized spacial score (nSPS) is 27.9. The standard InChI is InChI=1S/C77H135N11O40/c1-44(93)82-60-68(106)64(102)51(40-89)125-74(60)121-32-28-117-24-20-113-16-12-78-55(97)36-87(37-56(98)79-13-17-114-21-25-118-29-33-122-75-61(83-45(2)94)69(107)65(103)52(41-90)126-75)59(101)11-10-50(86-72(110)48-6-8-49(112-5)9-7-48)73(111)88(38-57(99)80-14-18-115-22-26-119-30-34-123-76-62(84-46(3)95)70(108)66(104)53(42-91)127-76)39-58(100)81-15-19-116-23-27-120-31-35-124-77-63(85-47(4)96)71(109)67(105)54(43-92)128-77/h48-54,60-71,74-77,89-92,102-109H,6-43H2,1-5H3,(H,78,97)(H,79,98)(H,80,99)(H,81,100)(H,82,93)(H,83,94)(H,84,95)(H,85,96)(H,86,110). The van der Waals surface area contributed by atoms with Gasteiger partial charge in [0.25, 0.3) is 0 Å². The smallest absolute Gasteiger partial charge is 0.246 e. The van der Waals surface area contributed by atoms with E-state index in [1.807, 2.05) is 0 Å². The van der Waals surface area contributed by atoms with Gasteiger partial charge < -0.3 is 199 Å². The number of rotatable bonds is 63. The highest BCUT2D eigenvalue weighted by Gasteiger charge is 2.50. The largest absolute Gasteiger partial charge is 0.394 e. The van der Waals surface area contributed by atoms with Gasteiger partial charge in [-0.3, -0.25) is 52.7 Å². The second-order valence-electron chi connectivity index (χ2n) is 30.3. The first-order valence-electron chi connectivity index (χ1n) is 42.5. The van der Waals surface area contributed by atoms with E-state index in [1.165, 1.54) is 34.8 Å². The summed E-state index contributed by atoms with van der Waals surface area (Å²) in [4.78, 5) is 148. The Kier molecular flexibility index (Phi) is 54.4. The fourth-order valence-electron chi connectivity index (χ4n) is 13.8. The lowest BCUT2D eigenvalue weighted by Crippen LogP contribution is -2.64. The van der Waals surface area contributed by atoms with Crippen molar-refractivity contribution in [2.75, 3.05) is 218 Å². The first kappa shape index (κ1) is 112. The third-order valence-corrected chi connectivity index (χ3v) is 20.4. The number of hydrogen-bond acceptors (Lipinski definition) is 40. The monoisotopic (exact) mass is 1850 g/mol. The molecular weight excluding hydrogens is 1720 g/mol. The van der Waals surface area contributed by atoms with Crippen molar-refractivity contribution in [2.45, 2.75) is 201 Å². The molecular formula is C77H135N11O40. The summed E-state index contributed by atoms with van der Waals surface area (Å²) in [7, 11) is 1.53. The molecule has 4 saturated heterocycles. The summed E-state index contributed by atoms with van der Waals surface area (Å²) in [6.07, 6.45) is -21.7. The number of methoxy groups -OCH3 is 1. The van der Waals surface area contributed by atoms with Crippen LogP contribution < -0.4 is 47.9 Å². The Bertz CT molecular complexity index is 3090. The maximum atomic E-state index is 15.2. The number of amides is 11. The molecule has 5 fully saturated rings. The highest BCUT2D eigenvalue weighted by molar-refractivity contribution is 5.95. The van der Waals surface area contributed by atoms with Crippen molar-refractivity contribution in [1.29, 1.82) is 0 Å². The van der Waals surface area contributed by atoms with Crippen LogP contribution in [0.15, 0.2) is 0 Å². The van der Waals surface area contributed by atoms with Crippen LogP contribution in [0, 0.1) is 5.92 Å². The van der Waals surface area contributed by atoms with E-state index in [0.29, 0.717) is 25.7 Å². The van der Waals surface area contributed by atoms with E-state index >= 15 is 4.79 Å². The Morgan fingerprint density at radius 2 is 0.594 bits per heavy atom. The molecule has 4 heterocycles. The van der Waals surface area contributed by atoms with E-state index in [0.717, 1.165) is 9.80 Å². The van der Waals surface area contributed by atoms with Crippen molar-refractivity contribution < 1.29 is 195 Å². The average Bonchev–Trinajstić information content (AvgIpc) is 0.819. The number of nitrogens with one attached hydrogen (secondary N) is 9. The average molecular weight is 1850 g/mol. The van der Waals surface area contributed by atoms with Crippen molar-refractivity contribution >= 4 is 65.0 Å². The van der Waals surface area contributed by atoms with Gasteiger partial charge in [0.2, 0.25) is 65.0 Å². The Labute approximate surface area is 739 Å². The van der Waals surface area contributed by atoms with Crippen LogP contribution in [0.2, 0.25) is 0 Å². The molecule has 21 atom stereocenters. The molecule has 5 aliphatic rings. The molecule has 51 heteroatoms. The minimum atomic E-state index is -1.65. The minimum absolute atomic E-state index is 0.0000690. The van der Waals surface area contributed by atoms with E-state index in [2.05, 4.69) is 47.9 Å². The second kappa shape index (κ2) is 62.4. The molecule has 21 N–H and O–H groups in total. The number of ether oxygens (including phenoxy) is 17. The second-order valence-corrected chi connectivity index (χ2v) is 30.3. The maximum Gasteiger partial charge on any atom is 0.246 e. The molecule has 0 aromatic heterocycles. The van der Waals surface area contributed by atoms with E-state index in [4.69, 9.17) is 80.5 Å². The van der Waals surface area contributed by atoms with E-state index in [-0.39, 0.29) is 164 Å². The van der Waals surface area contributed by atoms with Crippen LogP contribution in [0.3, 0.4) is 0 Å². The highest BCUT2D eigenvalue weighted by Crippen LogP contribution is 2.29. The van der Waals surface area contributed by atoms with Gasteiger partial charge >= 0.3 is 0 Å². The Hall–Kier alpha value is -6.99. The Morgan fingerprint density at radius 1 is 0.344 bits per heavy atom. The first-order valence-corrected chi connectivity index (χ1v) is 42.5. The summed E-state index contributed by atoms with van der Waals surface area (Å²) < 4.78 is 95.0. The van der Waals surface area contributed by atoms with Crippen LogP contribution in [0.4, 0.5) is 0 Å². The summed E-state index contributed by atoms with van der Waals surface area (Å²) in [5, 5.41) is 145. The summed E-state index contributed by atoms with van der Waals surface area (Å²) in [6.45, 7) is -2.48. The minimum Gasteiger partial charge on any atom is -0.394 e. The van der Waals surface area contributed by atoms with Gasteiger partial charge in [-0.05, 0) is 32.1 Å². The maximum absolute atomic E-state index is 15.2. The lowest BCUT2D eigenvalue weighted by molar-refractivity contribution is -0.272. The summed E-state index contributed by atoms with van der Waals surface area (Å²) >= 11 is 0. The number of carbonyl (C=O) groups is 11. The van der Waals surface area contributed by atoms with Gasteiger partial charge in [-0.15, -0.1) is 0 Å². The number of aliphatic hydroxyl groups excluding tert-OH is 12. The zero-order valence-corrected chi connectivity index (χ0v) is 72.8. The van der Waals surface area contributed by atoms with Crippen LogP contribution in [0.25, 0.3) is 0 Å². The number of carbonyl (C=O) groups excluding carboxylic acids is 11. The Morgan fingerprint density at radius 3 is 0.844 bits per heavy atom. The van der Waals surface area contributed by atoms with Crippen LogP contribution in [-0.2, 0) is 133 Å². The SMILES string of the molecule is COC1CCC(C(=O)NC(CCC(=O)N(CC(=O)NCCOCCOCCOC2OC(CO)C(O)C(O)C2NC(C)=O)CC(=O)NCCOCCOCCOC2OC(CO)C(O)C(O)C2NC(C)=O)C(=O)N(CC(=O)NCCOCCOCCOC2OC(CO)C(O)C(O)C2NC(C)=O)CC(=O)NCCOCCOCCOC2OC(CO)C(O)C(O)C2NC(C)=O)CC1. The van der Waals surface area contributed by atoms with Crippen molar-refractivity contribution in [3.05, 3.63) is 0 Å². The van der Waals surface area contributed by atoms with Gasteiger partial charge in [-0.25, -0.2) is 0 Å². The third-order valence-electron chi connectivity index (χ3n) is 20.4. The molecule has 21 unspecified atom stereocenters. The zero-order chi connectivity index (χ0) is 94.0. The van der Waals surface area contributed by atoms with Gasteiger partial charge in [0.05, 0.1) is 165 Å².